The number of benzene rings is 1. The van der Waals surface area contributed by atoms with E-state index in [9.17, 15) is 14.3 Å². The second kappa shape index (κ2) is 5.82. The van der Waals surface area contributed by atoms with Gasteiger partial charge in [0.25, 0.3) is 5.91 Å². The molecule has 1 unspecified atom stereocenters. The Morgan fingerprint density at radius 3 is 2.44 bits per heavy atom. The number of phenols is 1. The number of phenolic OH excluding ortho intramolecular Hbond substituents is 1. The predicted octanol–water partition coefficient (Wildman–Crippen LogP) is 1.76. The maximum absolute atomic E-state index is 13.6. The van der Waals surface area contributed by atoms with Gasteiger partial charge < -0.3 is 15.1 Å². The van der Waals surface area contributed by atoms with Crippen molar-refractivity contribution in [2.45, 2.75) is 32.9 Å². The highest BCUT2D eigenvalue weighted by Crippen LogP contribution is 2.18. The van der Waals surface area contributed by atoms with E-state index in [0.29, 0.717) is 0 Å². The molecular weight excluding hydrogens is 237 g/mol. The molecule has 0 aromatic heterocycles. The zero-order chi connectivity index (χ0) is 13.9. The first-order valence-corrected chi connectivity index (χ1v) is 5.80. The minimum Gasteiger partial charge on any atom is -0.508 e. The van der Waals surface area contributed by atoms with Crippen LogP contribution in [-0.4, -0.2) is 39.7 Å². The fraction of sp³-hybridized carbons (Fsp3) is 0.462. The zero-order valence-corrected chi connectivity index (χ0v) is 10.7. The molecule has 0 radical (unpaired) electrons. The number of rotatable bonds is 4. The standard InChI is InChI=1S/C13H18FNO3/c1-8(2)15(7-9(3)16)13(18)11-5-4-10(17)6-12(11)14/h4-6,8-9,16-17H,7H2,1-3H3. The lowest BCUT2D eigenvalue weighted by atomic mass is 10.1. The summed E-state index contributed by atoms with van der Waals surface area (Å²) >= 11 is 0. The average molecular weight is 255 g/mol. The molecule has 0 bridgehead atoms. The van der Waals surface area contributed by atoms with Gasteiger partial charge in [-0.25, -0.2) is 4.39 Å². The molecule has 1 rings (SSSR count). The Hall–Kier alpha value is -1.62. The Bertz CT molecular complexity index is 432. The van der Waals surface area contributed by atoms with E-state index >= 15 is 0 Å². The third kappa shape index (κ3) is 3.43. The van der Waals surface area contributed by atoms with Crippen LogP contribution >= 0.6 is 0 Å². The lowest BCUT2D eigenvalue weighted by molar-refractivity contribution is 0.0574. The first-order valence-electron chi connectivity index (χ1n) is 5.80. The summed E-state index contributed by atoms with van der Waals surface area (Å²) in [5.41, 5.74) is -0.109. The molecule has 0 aliphatic heterocycles. The van der Waals surface area contributed by atoms with Gasteiger partial charge in [0.2, 0.25) is 0 Å². The largest absolute Gasteiger partial charge is 0.508 e. The third-order valence-corrected chi connectivity index (χ3v) is 2.53. The van der Waals surface area contributed by atoms with Gasteiger partial charge in [0.05, 0.1) is 11.7 Å². The molecule has 4 nitrogen and oxygen atoms in total. The number of amides is 1. The van der Waals surface area contributed by atoms with Crippen LogP contribution in [0.25, 0.3) is 0 Å². The Morgan fingerprint density at radius 2 is 2.00 bits per heavy atom. The van der Waals surface area contributed by atoms with Gasteiger partial charge in [0.1, 0.15) is 11.6 Å². The SMILES string of the molecule is CC(O)CN(C(=O)c1ccc(O)cc1F)C(C)C. The molecule has 0 spiro atoms. The topological polar surface area (TPSA) is 60.8 Å². The average Bonchev–Trinajstić information content (AvgIpc) is 2.24. The van der Waals surface area contributed by atoms with E-state index in [-0.39, 0.29) is 23.9 Å². The van der Waals surface area contributed by atoms with Gasteiger partial charge in [-0.3, -0.25) is 4.79 Å². The summed E-state index contributed by atoms with van der Waals surface area (Å²) < 4.78 is 13.6. The van der Waals surface area contributed by atoms with Gasteiger partial charge in [-0.2, -0.15) is 0 Å². The number of hydrogen-bond acceptors (Lipinski definition) is 3. The molecule has 0 fully saturated rings. The fourth-order valence-corrected chi connectivity index (χ4v) is 1.65. The van der Waals surface area contributed by atoms with Crippen molar-refractivity contribution >= 4 is 5.91 Å². The zero-order valence-electron chi connectivity index (χ0n) is 10.7. The number of aliphatic hydroxyl groups excluding tert-OH is 1. The molecule has 100 valence electrons. The van der Waals surface area contributed by atoms with Crippen molar-refractivity contribution in [2.24, 2.45) is 0 Å². The third-order valence-electron chi connectivity index (χ3n) is 2.53. The maximum atomic E-state index is 13.6. The van der Waals surface area contributed by atoms with Gasteiger partial charge in [-0.05, 0) is 32.9 Å². The monoisotopic (exact) mass is 255 g/mol. The van der Waals surface area contributed by atoms with Crippen LogP contribution in [0.5, 0.6) is 5.75 Å². The van der Waals surface area contributed by atoms with Crippen molar-refractivity contribution in [2.75, 3.05) is 6.54 Å². The van der Waals surface area contributed by atoms with Crippen molar-refractivity contribution in [3.63, 3.8) is 0 Å². The molecule has 1 amide bonds. The van der Waals surface area contributed by atoms with Crippen LogP contribution in [0, 0.1) is 5.82 Å². The van der Waals surface area contributed by atoms with Crippen LogP contribution in [0.4, 0.5) is 4.39 Å². The number of carbonyl (C=O) groups is 1. The number of nitrogens with zero attached hydrogens (tertiary/aromatic N) is 1. The van der Waals surface area contributed by atoms with Gasteiger partial charge in [0, 0.05) is 18.7 Å². The predicted molar refractivity (Wildman–Crippen MR) is 65.9 cm³/mol. The van der Waals surface area contributed by atoms with E-state index in [0.717, 1.165) is 6.07 Å². The van der Waals surface area contributed by atoms with Gasteiger partial charge >= 0.3 is 0 Å². The summed E-state index contributed by atoms with van der Waals surface area (Å²) in [6, 6.07) is 3.25. The summed E-state index contributed by atoms with van der Waals surface area (Å²) in [5, 5.41) is 18.5. The summed E-state index contributed by atoms with van der Waals surface area (Å²) in [7, 11) is 0. The number of halogens is 1. The van der Waals surface area contributed by atoms with Crippen molar-refractivity contribution < 1.29 is 19.4 Å². The Labute approximate surface area is 106 Å². The lowest BCUT2D eigenvalue weighted by Crippen LogP contribution is -2.41. The molecular formula is C13H18FNO3. The van der Waals surface area contributed by atoms with Crippen molar-refractivity contribution in [3.8, 4) is 5.75 Å². The van der Waals surface area contributed by atoms with Crippen LogP contribution in [0.1, 0.15) is 31.1 Å². The lowest BCUT2D eigenvalue weighted by Gasteiger charge is -2.28. The number of carbonyl (C=O) groups excluding carboxylic acids is 1. The van der Waals surface area contributed by atoms with E-state index in [1.165, 1.54) is 17.0 Å². The van der Waals surface area contributed by atoms with Crippen LogP contribution in [0.2, 0.25) is 0 Å². The highest BCUT2D eigenvalue weighted by atomic mass is 19.1. The summed E-state index contributed by atoms with van der Waals surface area (Å²) in [5.74, 6) is -1.49. The number of hydrogen-bond donors (Lipinski definition) is 2. The van der Waals surface area contributed by atoms with E-state index in [1.54, 1.807) is 20.8 Å². The highest BCUT2D eigenvalue weighted by molar-refractivity contribution is 5.94. The molecule has 5 heteroatoms. The molecule has 1 aromatic carbocycles. The number of aromatic hydroxyl groups is 1. The second-order valence-corrected chi connectivity index (χ2v) is 4.56. The van der Waals surface area contributed by atoms with Crippen molar-refractivity contribution in [1.82, 2.24) is 4.90 Å². The number of aliphatic hydroxyl groups is 1. The summed E-state index contributed by atoms with van der Waals surface area (Å²) in [6.07, 6.45) is -0.684. The Kier molecular flexibility index (Phi) is 4.67. The first kappa shape index (κ1) is 14.4. The minimum absolute atomic E-state index is 0.109. The first-order chi connectivity index (χ1) is 8.32. The van der Waals surface area contributed by atoms with Gasteiger partial charge in [-0.15, -0.1) is 0 Å². The molecule has 18 heavy (non-hydrogen) atoms. The second-order valence-electron chi connectivity index (χ2n) is 4.56. The van der Waals surface area contributed by atoms with Crippen molar-refractivity contribution in [3.05, 3.63) is 29.6 Å². The molecule has 0 aliphatic rings. The molecule has 0 saturated carbocycles. The van der Waals surface area contributed by atoms with E-state index in [1.807, 2.05) is 0 Å². The Morgan fingerprint density at radius 1 is 1.39 bits per heavy atom. The summed E-state index contributed by atoms with van der Waals surface area (Å²) in [4.78, 5) is 13.5. The Balaban J connectivity index is 3.02. The molecule has 0 aliphatic carbocycles. The van der Waals surface area contributed by atoms with Crippen molar-refractivity contribution in [1.29, 1.82) is 0 Å². The van der Waals surface area contributed by atoms with Crippen LogP contribution in [-0.2, 0) is 0 Å². The fourth-order valence-electron chi connectivity index (χ4n) is 1.65. The molecule has 1 atom stereocenters. The maximum Gasteiger partial charge on any atom is 0.257 e. The molecule has 0 heterocycles. The van der Waals surface area contributed by atoms with E-state index in [4.69, 9.17) is 5.11 Å². The minimum atomic E-state index is -0.767. The molecule has 0 saturated heterocycles. The smallest absolute Gasteiger partial charge is 0.257 e. The molecule has 1 aromatic rings. The summed E-state index contributed by atoms with van der Waals surface area (Å²) in [6.45, 7) is 5.28. The van der Waals surface area contributed by atoms with Crippen LogP contribution < -0.4 is 0 Å². The van der Waals surface area contributed by atoms with Gasteiger partial charge in [0.15, 0.2) is 0 Å². The normalized spacial score (nSPS) is 12.6. The van der Waals surface area contributed by atoms with E-state index in [2.05, 4.69) is 0 Å². The molecule has 2 N–H and O–H groups in total. The van der Waals surface area contributed by atoms with Crippen LogP contribution in [0.15, 0.2) is 18.2 Å². The highest BCUT2D eigenvalue weighted by Gasteiger charge is 2.22. The van der Waals surface area contributed by atoms with E-state index < -0.39 is 17.8 Å². The van der Waals surface area contributed by atoms with Gasteiger partial charge in [-0.1, -0.05) is 0 Å². The van der Waals surface area contributed by atoms with Crippen LogP contribution in [0.3, 0.4) is 0 Å². The quantitative estimate of drug-likeness (QED) is 0.862.